The molecule has 0 aliphatic heterocycles. The smallest absolute Gasteiger partial charge is 0.302 e. The maximum Gasteiger partial charge on any atom is 0.302 e. The van der Waals surface area contributed by atoms with Gasteiger partial charge in [-0.2, -0.15) is 0 Å². The summed E-state index contributed by atoms with van der Waals surface area (Å²) >= 11 is 1.40. The van der Waals surface area contributed by atoms with Crippen molar-refractivity contribution in [3.05, 3.63) is 75.8 Å². The van der Waals surface area contributed by atoms with E-state index in [4.69, 9.17) is 9.47 Å². The van der Waals surface area contributed by atoms with Crippen LogP contribution >= 0.6 is 11.3 Å². The van der Waals surface area contributed by atoms with Crippen molar-refractivity contribution in [2.24, 2.45) is 0 Å². The highest BCUT2D eigenvalue weighted by atomic mass is 32.1. The second-order valence-corrected chi connectivity index (χ2v) is 6.76. The third-order valence-electron chi connectivity index (χ3n) is 4.24. The summed E-state index contributed by atoms with van der Waals surface area (Å²) in [5.41, 5.74) is 2.76. The molecule has 0 aliphatic carbocycles. The number of nitrogens with zero attached hydrogens (tertiary/aromatic N) is 3. The van der Waals surface area contributed by atoms with Gasteiger partial charge in [0.1, 0.15) is 11.4 Å². The van der Waals surface area contributed by atoms with Crippen LogP contribution in [-0.4, -0.2) is 28.6 Å². The lowest BCUT2D eigenvalue weighted by molar-refractivity contribution is 0.404. The number of aromatic nitrogens is 3. The van der Waals surface area contributed by atoms with Crippen LogP contribution in [0, 0.1) is 0 Å². The van der Waals surface area contributed by atoms with Gasteiger partial charge in [0.05, 0.1) is 19.9 Å². The molecule has 0 amide bonds. The highest BCUT2D eigenvalue weighted by Crippen LogP contribution is 2.28. The van der Waals surface area contributed by atoms with Gasteiger partial charge in [-0.05, 0) is 29.8 Å². The summed E-state index contributed by atoms with van der Waals surface area (Å²) in [4.78, 5) is 22.4. The Morgan fingerprint density at radius 2 is 2.00 bits per heavy atom. The van der Waals surface area contributed by atoms with Crippen LogP contribution in [0.2, 0.25) is 0 Å². The van der Waals surface area contributed by atoms with Crippen LogP contribution in [0.25, 0.3) is 28.4 Å². The minimum absolute atomic E-state index is 0.195. The molecule has 0 bridgehead atoms. The summed E-state index contributed by atoms with van der Waals surface area (Å²) in [6.45, 7) is 0. The number of ether oxygens (including phenoxy) is 2. The molecular formula is C21H17N3O3S. The number of methoxy groups -OCH3 is 2. The zero-order chi connectivity index (χ0) is 19.5. The summed E-state index contributed by atoms with van der Waals surface area (Å²) in [5, 5.41) is 1.91. The summed E-state index contributed by atoms with van der Waals surface area (Å²) in [5.74, 6) is 0.918. The average Bonchev–Trinajstić information content (AvgIpc) is 3.17. The largest absolute Gasteiger partial charge is 0.497 e. The van der Waals surface area contributed by atoms with Crippen molar-refractivity contribution >= 4 is 28.4 Å². The Morgan fingerprint density at radius 1 is 1.11 bits per heavy atom. The molecule has 3 heterocycles. The third kappa shape index (κ3) is 3.27. The van der Waals surface area contributed by atoms with Crippen molar-refractivity contribution in [1.82, 2.24) is 14.4 Å². The second kappa shape index (κ2) is 7.66. The van der Waals surface area contributed by atoms with Gasteiger partial charge in [0.25, 0.3) is 0 Å². The molecule has 140 valence electrons. The van der Waals surface area contributed by atoms with Crippen LogP contribution in [0.5, 0.6) is 11.5 Å². The van der Waals surface area contributed by atoms with Gasteiger partial charge in [-0.25, -0.2) is 9.38 Å². The topological polar surface area (TPSA) is 65.7 Å². The molecule has 0 spiro atoms. The second-order valence-electron chi connectivity index (χ2n) is 5.93. The molecule has 0 saturated heterocycles. The Hall–Kier alpha value is -3.45. The lowest BCUT2D eigenvalue weighted by atomic mass is 10.1. The van der Waals surface area contributed by atoms with Gasteiger partial charge in [0.15, 0.2) is 4.96 Å². The Kier molecular flexibility index (Phi) is 4.90. The van der Waals surface area contributed by atoms with Crippen LogP contribution in [0.4, 0.5) is 0 Å². The lowest BCUT2D eigenvalue weighted by Gasteiger charge is -2.07. The van der Waals surface area contributed by atoms with E-state index in [0.29, 0.717) is 10.7 Å². The van der Waals surface area contributed by atoms with Crippen LogP contribution in [0.3, 0.4) is 0 Å². The molecule has 6 nitrogen and oxygen atoms in total. The normalized spacial score (nSPS) is 11.2. The molecule has 0 saturated carbocycles. The van der Waals surface area contributed by atoms with E-state index < -0.39 is 0 Å². The predicted octanol–water partition coefficient (Wildman–Crippen LogP) is 4.01. The molecule has 0 N–H and O–H groups in total. The highest BCUT2D eigenvalue weighted by molar-refractivity contribution is 7.15. The fraction of sp³-hybridized carbons (Fsp3) is 0.0952. The summed E-state index contributed by atoms with van der Waals surface area (Å²) in [7, 11) is 3.09. The van der Waals surface area contributed by atoms with Gasteiger partial charge in [-0.1, -0.05) is 24.3 Å². The molecule has 1 aromatic carbocycles. The van der Waals surface area contributed by atoms with E-state index in [0.717, 1.165) is 22.6 Å². The van der Waals surface area contributed by atoms with Crippen molar-refractivity contribution in [3.8, 4) is 22.8 Å². The fourth-order valence-corrected chi connectivity index (χ4v) is 3.78. The predicted molar refractivity (Wildman–Crippen MR) is 111 cm³/mol. The minimum atomic E-state index is -0.252. The fourth-order valence-electron chi connectivity index (χ4n) is 2.89. The number of rotatable bonds is 5. The highest BCUT2D eigenvalue weighted by Gasteiger charge is 2.16. The van der Waals surface area contributed by atoms with Crippen molar-refractivity contribution in [2.45, 2.75) is 0 Å². The Labute approximate surface area is 165 Å². The molecule has 3 aromatic heterocycles. The minimum Gasteiger partial charge on any atom is -0.497 e. The average molecular weight is 391 g/mol. The van der Waals surface area contributed by atoms with Crippen molar-refractivity contribution in [3.63, 3.8) is 0 Å². The van der Waals surface area contributed by atoms with E-state index in [1.165, 1.54) is 18.4 Å². The number of fused-ring (bicyclic) bond motifs is 1. The number of benzene rings is 1. The van der Waals surface area contributed by atoms with E-state index in [1.54, 1.807) is 30.0 Å². The van der Waals surface area contributed by atoms with Gasteiger partial charge in [-0.15, -0.1) is 11.3 Å². The molecule has 0 unspecified atom stereocenters. The van der Waals surface area contributed by atoms with Crippen LogP contribution in [0.15, 0.2) is 59.0 Å². The zero-order valence-electron chi connectivity index (χ0n) is 15.3. The first-order valence-electron chi connectivity index (χ1n) is 8.52. The van der Waals surface area contributed by atoms with E-state index in [9.17, 15) is 4.79 Å². The maximum absolute atomic E-state index is 13.1. The summed E-state index contributed by atoms with van der Waals surface area (Å²) in [6.07, 6.45) is 7.06. The van der Waals surface area contributed by atoms with Gasteiger partial charge in [-0.3, -0.25) is 9.78 Å². The van der Waals surface area contributed by atoms with Gasteiger partial charge in [0.2, 0.25) is 5.75 Å². The van der Waals surface area contributed by atoms with Gasteiger partial charge in [0, 0.05) is 23.3 Å². The maximum atomic E-state index is 13.1. The third-order valence-corrected chi connectivity index (χ3v) is 5.07. The van der Waals surface area contributed by atoms with E-state index in [1.807, 2.05) is 47.9 Å². The summed E-state index contributed by atoms with van der Waals surface area (Å²) in [6, 6.07) is 11.3. The molecule has 0 fully saturated rings. The molecule has 28 heavy (non-hydrogen) atoms. The van der Waals surface area contributed by atoms with Crippen LogP contribution < -0.4 is 15.0 Å². The molecule has 0 radical (unpaired) electrons. The molecule has 0 aliphatic rings. The van der Waals surface area contributed by atoms with Crippen LogP contribution in [0.1, 0.15) is 11.3 Å². The first-order chi connectivity index (χ1) is 13.7. The standard InChI is InChI=1S/C21H17N3O3S/c1-26-16-7-3-6-15(11-16)18-13-28-21-23-17(19(27-2)20(25)24(18)21)9-8-14-5-4-10-22-12-14/h3-13H,1-2H3/b9-8+. The van der Waals surface area contributed by atoms with E-state index in [-0.39, 0.29) is 11.3 Å². The van der Waals surface area contributed by atoms with Crippen molar-refractivity contribution < 1.29 is 9.47 Å². The van der Waals surface area contributed by atoms with Crippen LogP contribution in [-0.2, 0) is 0 Å². The van der Waals surface area contributed by atoms with Crippen molar-refractivity contribution in [1.29, 1.82) is 0 Å². The number of pyridine rings is 1. The molecule has 4 aromatic rings. The Balaban J connectivity index is 1.85. The molecular weight excluding hydrogens is 374 g/mol. The van der Waals surface area contributed by atoms with Crippen molar-refractivity contribution in [2.75, 3.05) is 14.2 Å². The van der Waals surface area contributed by atoms with Gasteiger partial charge >= 0.3 is 5.56 Å². The first-order valence-corrected chi connectivity index (χ1v) is 9.40. The lowest BCUT2D eigenvalue weighted by Crippen LogP contribution is -2.18. The molecule has 0 atom stereocenters. The zero-order valence-corrected chi connectivity index (χ0v) is 16.1. The Morgan fingerprint density at radius 3 is 2.75 bits per heavy atom. The first kappa shape index (κ1) is 17.9. The summed E-state index contributed by atoms with van der Waals surface area (Å²) < 4.78 is 12.3. The number of hydrogen-bond donors (Lipinski definition) is 0. The SMILES string of the molecule is COc1cccc(-c2csc3nc(/C=C/c4cccnc4)c(OC)c(=O)n23)c1. The van der Waals surface area contributed by atoms with E-state index >= 15 is 0 Å². The van der Waals surface area contributed by atoms with E-state index in [2.05, 4.69) is 9.97 Å². The quantitative estimate of drug-likeness (QED) is 0.514. The number of hydrogen-bond acceptors (Lipinski definition) is 6. The number of thiazole rings is 1. The van der Waals surface area contributed by atoms with Gasteiger partial charge < -0.3 is 9.47 Å². The Bertz CT molecular complexity index is 1210. The monoisotopic (exact) mass is 391 g/mol. The molecule has 7 heteroatoms. The molecule has 4 rings (SSSR count).